The number of ether oxygens (including phenoxy) is 3. The first-order valence-corrected chi connectivity index (χ1v) is 12.9. The van der Waals surface area contributed by atoms with Crippen LogP contribution < -0.4 is 4.74 Å². The minimum atomic E-state index is -4.84. The first kappa shape index (κ1) is 27.9. The van der Waals surface area contributed by atoms with Gasteiger partial charge in [0, 0.05) is 23.7 Å². The van der Waals surface area contributed by atoms with Crippen molar-refractivity contribution in [2.45, 2.75) is 38.1 Å². The number of fused-ring (bicyclic) bond motifs is 3. The maximum atomic E-state index is 14.2. The average molecular weight is 579 g/mol. The summed E-state index contributed by atoms with van der Waals surface area (Å²) in [4.78, 5) is 26.9. The summed E-state index contributed by atoms with van der Waals surface area (Å²) < 4.78 is 60.1. The highest BCUT2D eigenvalue weighted by Crippen LogP contribution is 2.45. The molecule has 5 rings (SSSR count). The van der Waals surface area contributed by atoms with Crippen molar-refractivity contribution in [1.82, 2.24) is 19.7 Å². The van der Waals surface area contributed by atoms with Crippen LogP contribution in [0.25, 0.3) is 5.69 Å². The molecule has 1 aromatic heterocycles. The Bertz CT molecular complexity index is 1460. The predicted molar refractivity (Wildman–Crippen MR) is 136 cm³/mol. The Labute approximate surface area is 232 Å². The number of carbonyl (C=O) groups is 2. The highest BCUT2D eigenvalue weighted by Gasteiger charge is 2.44. The van der Waals surface area contributed by atoms with Gasteiger partial charge in [0.2, 0.25) is 11.7 Å². The highest BCUT2D eigenvalue weighted by atomic mass is 35.5. The molecule has 1 fully saturated rings. The van der Waals surface area contributed by atoms with E-state index in [1.54, 1.807) is 18.2 Å². The molecule has 1 amide bonds. The van der Waals surface area contributed by atoms with E-state index in [9.17, 15) is 22.8 Å². The smallest absolute Gasteiger partial charge is 0.452 e. The molecule has 3 atom stereocenters. The monoisotopic (exact) mass is 578 g/mol. The standard InChI is InChI=1S/C27H26ClF3N4O5/c1-14-17(5-4-6-20(14)38-2)23-18-11-16(28)7-8-19(18)35-24(32-33-26(35)27(29,30)31)21(40-23)12-22(36)34-10-9-15(13-34)25(37)39-3/h4-8,11,15,21,23H,9-10,12-13H2,1-3H3/t15?,21-,23-/m1/s1. The van der Waals surface area contributed by atoms with E-state index in [-0.39, 0.29) is 29.5 Å². The van der Waals surface area contributed by atoms with E-state index in [1.165, 1.54) is 37.3 Å². The Morgan fingerprint density at radius 3 is 2.62 bits per heavy atom. The Morgan fingerprint density at radius 1 is 1.15 bits per heavy atom. The number of carbonyl (C=O) groups excluding carboxylic acids is 2. The zero-order chi connectivity index (χ0) is 28.8. The molecule has 1 saturated heterocycles. The van der Waals surface area contributed by atoms with Crippen molar-refractivity contribution >= 4 is 23.5 Å². The molecule has 1 unspecified atom stereocenters. The summed E-state index contributed by atoms with van der Waals surface area (Å²) in [5, 5.41) is 7.61. The van der Waals surface area contributed by atoms with E-state index in [4.69, 9.17) is 25.8 Å². The Morgan fingerprint density at radius 2 is 1.93 bits per heavy atom. The number of likely N-dealkylation sites (tertiary alicyclic amines) is 1. The molecule has 0 saturated carbocycles. The van der Waals surface area contributed by atoms with Gasteiger partial charge in [-0.25, -0.2) is 0 Å². The summed E-state index contributed by atoms with van der Waals surface area (Å²) in [6.45, 7) is 2.26. The maximum Gasteiger partial charge on any atom is 0.452 e. The Balaban J connectivity index is 1.62. The molecule has 40 heavy (non-hydrogen) atoms. The van der Waals surface area contributed by atoms with Gasteiger partial charge >= 0.3 is 12.1 Å². The third-order valence-corrected chi connectivity index (χ3v) is 7.54. The summed E-state index contributed by atoms with van der Waals surface area (Å²) in [5.74, 6) is -2.15. The predicted octanol–water partition coefficient (Wildman–Crippen LogP) is 4.83. The maximum absolute atomic E-state index is 14.2. The molecule has 0 spiro atoms. The highest BCUT2D eigenvalue weighted by molar-refractivity contribution is 6.30. The van der Waals surface area contributed by atoms with Crippen LogP contribution >= 0.6 is 11.6 Å². The van der Waals surface area contributed by atoms with Gasteiger partial charge in [0.1, 0.15) is 18.0 Å². The van der Waals surface area contributed by atoms with Crippen molar-refractivity contribution < 1.29 is 37.0 Å². The van der Waals surface area contributed by atoms with Gasteiger partial charge in [-0.05, 0) is 48.7 Å². The van der Waals surface area contributed by atoms with Crippen LogP contribution in [0.2, 0.25) is 5.02 Å². The van der Waals surface area contributed by atoms with Gasteiger partial charge in [0.05, 0.1) is 32.2 Å². The summed E-state index contributed by atoms with van der Waals surface area (Å²) in [5.41, 5.74) is 1.81. The zero-order valence-corrected chi connectivity index (χ0v) is 22.6. The van der Waals surface area contributed by atoms with E-state index in [1.807, 2.05) is 6.92 Å². The second kappa shape index (κ2) is 10.7. The summed E-state index contributed by atoms with van der Waals surface area (Å²) >= 11 is 6.33. The second-order valence-electron chi connectivity index (χ2n) is 9.65. The van der Waals surface area contributed by atoms with Gasteiger partial charge in [0.25, 0.3) is 0 Å². The van der Waals surface area contributed by atoms with Gasteiger partial charge in [-0.2, -0.15) is 13.2 Å². The van der Waals surface area contributed by atoms with E-state index in [0.29, 0.717) is 35.4 Å². The number of nitrogens with zero attached hydrogens (tertiary/aromatic N) is 4. The molecular formula is C27H26ClF3N4O5. The van der Waals surface area contributed by atoms with Crippen LogP contribution in [0.5, 0.6) is 5.75 Å². The SMILES string of the molecule is COC(=O)C1CCN(C(=O)C[C@H]2O[C@H](c3cccc(OC)c3C)c3cc(Cl)ccc3-n3c2nnc3C(F)(F)F)C1. The third-order valence-electron chi connectivity index (χ3n) is 7.31. The lowest BCUT2D eigenvalue weighted by atomic mass is 9.95. The van der Waals surface area contributed by atoms with Crippen molar-refractivity contribution in [1.29, 1.82) is 0 Å². The van der Waals surface area contributed by atoms with Crippen molar-refractivity contribution in [2.75, 3.05) is 27.3 Å². The zero-order valence-electron chi connectivity index (χ0n) is 21.9. The van der Waals surface area contributed by atoms with E-state index in [2.05, 4.69) is 10.2 Å². The van der Waals surface area contributed by atoms with Crippen molar-refractivity contribution in [3.8, 4) is 11.4 Å². The molecule has 3 aromatic rings. The third kappa shape index (κ3) is 5.01. The van der Waals surface area contributed by atoms with E-state index < -0.39 is 42.0 Å². The molecule has 2 aromatic carbocycles. The van der Waals surface area contributed by atoms with Crippen LogP contribution in [0.4, 0.5) is 13.2 Å². The average Bonchev–Trinajstić information content (AvgIpc) is 3.57. The molecule has 0 radical (unpaired) electrons. The number of amides is 1. The topological polar surface area (TPSA) is 95.8 Å². The van der Waals surface area contributed by atoms with E-state index >= 15 is 0 Å². The summed E-state index contributed by atoms with van der Waals surface area (Å²) in [6, 6.07) is 9.76. The molecule has 9 nitrogen and oxygen atoms in total. The molecule has 212 valence electrons. The van der Waals surface area contributed by atoms with Gasteiger partial charge < -0.3 is 19.1 Å². The van der Waals surface area contributed by atoms with Crippen molar-refractivity contribution in [2.24, 2.45) is 5.92 Å². The van der Waals surface area contributed by atoms with Gasteiger partial charge in [-0.15, -0.1) is 10.2 Å². The quantitative estimate of drug-likeness (QED) is 0.400. The van der Waals surface area contributed by atoms with Crippen molar-refractivity contribution in [3.05, 3.63) is 69.8 Å². The number of aromatic nitrogens is 3. The minimum absolute atomic E-state index is 0.130. The molecular weight excluding hydrogens is 553 g/mol. The fraction of sp³-hybridized carbons (Fsp3) is 0.407. The van der Waals surface area contributed by atoms with Crippen LogP contribution in [0.1, 0.15) is 53.4 Å². The lowest BCUT2D eigenvalue weighted by Crippen LogP contribution is -2.32. The fourth-order valence-electron chi connectivity index (χ4n) is 5.31. The molecule has 13 heteroatoms. The molecule has 2 aliphatic rings. The minimum Gasteiger partial charge on any atom is -0.496 e. The van der Waals surface area contributed by atoms with Crippen LogP contribution in [0.3, 0.4) is 0 Å². The normalized spacial score (nSPS) is 20.5. The van der Waals surface area contributed by atoms with Crippen LogP contribution in [-0.2, 0) is 25.2 Å². The number of hydrogen-bond acceptors (Lipinski definition) is 7. The number of methoxy groups -OCH3 is 2. The van der Waals surface area contributed by atoms with E-state index in [0.717, 1.165) is 4.57 Å². The number of hydrogen-bond donors (Lipinski definition) is 0. The van der Waals surface area contributed by atoms with Crippen LogP contribution in [0.15, 0.2) is 36.4 Å². The molecule has 0 aliphatic carbocycles. The number of benzene rings is 2. The number of rotatable bonds is 5. The summed E-state index contributed by atoms with van der Waals surface area (Å²) in [6.07, 6.45) is -6.88. The largest absolute Gasteiger partial charge is 0.496 e. The van der Waals surface area contributed by atoms with Crippen molar-refractivity contribution in [3.63, 3.8) is 0 Å². The number of alkyl halides is 3. The molecule has 3 heterocycles. The van der Waals surface area contributed by atoms with Gasteiger partial charge in [0.15, 0.2) is 5.82 Å². The second-order valence-corrected chi connectivity index (χ2v) is 10.1. The first-order chi connectivity index (χ1) is 19.0. The lowest BCUT2D eigenvalue weighted by Gasteiger charge is -2.25. The molecule has 0 N–H and O–H groups in total. The number of esters is 1. The summed E-state index contributed by atoms with van der Waals surface area (Å²) in [7, 11) is 2.79. The Hall–Kier alpha value is -3.64. The van der Waals surface area contributed by atoms with Gasteiger partial charge in [-0.1, -0.05) is 23.7 Å². The first-order valence-electron chi connectivity index (χ1n) is 12.5. The lowest BCUT2D eigenvalue weighted by molar-refractivity contribution is -0.146. The van der Waals surface area contributed by atoms with Crippen LogP contribution in [-0.4, -0.2) is 58.8 Å². The molecule has 0 bridgehead atoms. The Kier molecular flexibility index (Phi) is 7.49. The van der Waals surface area contributed by atoms with Gasteiger partial charge in [-0.3, -0.25) is 14.2 Å². The van der Waals surface area contributed by atoms with Crippen LogP contribution in [0, 0.1) is 12.8 Å². The number of halogens is 4. The molecule has 2 aliphatic heterocycles. The fourth-order valence-corrected chi connectivity index (χ4v) is 5.49.